The van der Waals surface area contributed by atoms with Gasteiger partial charge >= 0.3 is 5.97 Å². The molecule has 12 heavy (non-hydrogen) atoms. The van der Waals surface area contributed by atoms with Gasteiger partial charge in [0.15, 0.2) is 0 Å². The van der Waals surface area contributed by atoms with E-state index in [1.54, 1.807) is 25.1 Å². The van der Waals surface area contributed by atoms with Crippen LogP contribution < -0.4 is 0 Å². The molecule has 62 valence electrons. The van der Waals surface area contributed by atoms with Gasteiger partial charge in [-0.1, -0.05) is 13.0 Å². The van der Waals surface area contributed by atoms with Crippen LogP contribution in [-0.2, 0) is 9.53 Å². The predicted molar refractivity (Wildman–Crippen MR) is 42.7 cm³/mol. The molecule has 0 aromatic rings. The second-order valence-electron chi connectivity index (χ2n) is 2.56. The van der Waals surface area contributed by atoms with E-state index in [0.29, 0.717) is 5.57 Å². The van der Waals surface area contributed by atoms with Crippen LogP contribution in [-0.4, -0.2) is 5.97 Å². The van der Waals surface area contributed by atoms with Crippen molar-refractivity contribution in [3.8, 4) is 6.07 Å². The molecule has 0 aliphatic carbocycles. The van der Waals surface area contributed by atoms with Gasteiger partial charge in [0, 0.05) is 11.5 Å². The van der Waals surface area contributed by atoms with Crippen molar-refractivity contribution in [2.75, 3.05) is 0 Å². The molecule has 0 bridgehead atoms. The fourth-order valence-electron chi connectivity index (χ4n) is 1.14. The maximum absolute atomic E-state index is 11.1. The van der Waals surface area contributed by atoms with Gasteiger partial charge in [-0.05, 0) is 13.0 Å². The van der Waals surface area contributed by atoms with E-state index >= 15 is 0 Å². The number of hydrogen-bond donors (Lipinski definition) is 0. The average molecular weight is 163 g/mol. The molecule has 1 atom stereocenters. The third-order valence-corrected chi connectivity index (χ3v) is 1.75. The summed E-state index contributed by atoms with van der Waals surface area (Å²) in [7, 11) is 0. The van der Waals surface area contributed by atoms with Gasteiger partial charge in [0.05, 0.1) is 0 Å². The van der Waals surface area contributed by atoms with E-state index in [0.717, 1.165) is 0 Å². The van der Waals surface area contributed by atoms with Crippen molar-refractivity contribution in [2.45, 2.75) is 13.8 Å². The topological polar surface area (TPSA) is 50.1 Å². The number of rotatable bonds is 0. The Bertz CT molecular complexity index is 307. The Morgan fingerprint density at radius 3 is 2.83 bits per heavy atom. The molecule has 1 heterocycles. The number of carbonyl (C=O) groups is 1. The van der Waals surface area contributed by atoms with Crippen molar-refractivity contribution in [3.63, 3.8) is 0 Å². The third kappa shape index (κ3) is 1.37. The predicted octanol–water partition coefficient (Wildman–Crippen LogP) is 1.53. The van der Waals surface area contributed by atoms with Crippen molar-refractivity contribution >= 4 is 5.97 Å². The van der Waals surface area contributed by atoms with Crippen molar-refractivity contribution in [1.29, 1.82) is 5.26 Å². The van der Waals surface area contributed by atoms with Gasteiger partial charge in [-0.2, -0.15) is 5.26 Å². The zero-order valence-corrected chi connectivity index (χ0v) is 7.00. The minimum absolute atomic E-state index is 0.0223. The number of carbonyl (C=O) groups excluding carboxylic acids is 1. The van der Waals surface area contributed by atoms with Crippen LogP contribution in [0.5, 0.6) is 0 Å². The summed E-state index contributed by atoms with van der Waals surface area (Å²) in [5, 5.41) is 8.47. The van der Waals surface area contributed by atoms with Crippen LogP contribution in [0.25, 0.3) is 0 Å². The quantitative estimate of drug-likeness (QED) is 0.402. The molecule has 0 saturated heterocycles. The lowest BCUT2D eigenvalue weighted by molar-refractivity contribution is -0.135. The number of esters is 1. The normalized spacial score (nSPS) is 26.1. The van der Waals surface area contributed by atoms with Crippen LogP contribution in [0, 0.1) is 17.2 Å². The van der Waals surface area contributed by atoms with E-state index in [4.69, 9.17) is 10.00 Å². The highest BCUT2D eigenvalue weighted by atomic mass is 16.5. The van der Waals surface area contributed by atoms with Gasteiger partial charge < -0.3 is 4.74 Å². The Kier molecular flexibility index (Phi) is 2.29. The van der Waals surface area contributed by atoms with E-state index in [1.807, 2.05) is 6.92 Å². The molecule has 0 saturated carbocycles. The number of allylic oxidation sites excluding steroid dienone is 3. The molecule has 0 aromatic carbocycles. The standard InChI is InChI=1S/C9H9NO2/c1-3-8-6(2)4-7(5-10)12-9(8)11/h3-4,6H,1-2H3/b8-3+. The van der Waals surface area contributed by atoms with E-state index in [-0.39, 0.29) is 11.7 Å². The number of nitriles is 1. The molecule has 1 rings (SSSR count). The summed E-state index contributed by atoms with van der Waals surface area (Å²) < 4.78 is 4.70. The minimum Gasteiger partial charge on any atom is -0.412 e. The Labute approximate surface area is 70.9 Å². The lowest BCUT2D eigenvalue weighted by Gasteiger charge is -2.16. The second-order valence-corrected chi connectivity index (χ2v) is 2.56. The first kappa shape index (κ1) is 8.54. The molecule has 3 nitrogen and oxygen atoms in total. The summed E-state index contributed by atoms with van der Waals surface area (Å²) in [6, 6.07) is 1.80. The smallest absolute Gasteiger partial charge is 0.340 e. The highest BCUT2D eigenvalue weighted by Gasteiger charge is 2.23. The fraction of sp³-hybridized carbons (Fsp3) is 0.333. The number of cyclic esters (lactones) is 1. The monoisotopic (exact) mass is 163 g/mol. The Morgan fingerprint density at radius 2 is 2.42 bits per heavy atom. The summed E-state index contributed by atoms with van der Waals surface area (Å²) in [5.74, 6) is -0.340. The van der Waals surface area contributed by atoms with Crippen molar-refractivity contribution < 1.29 is 9.53 Å². The largest absolute Gasteiger partial charge is 0.412 e. The lowest BCUT2D eigenvalue weighted by Crippen LogP contribution is -2.17. The van der Waals surface area contributed by atoms with Gasteiger partial charge in [0.25, 0.3) is 0 Å². The van der Waals surface area contributed by atoms with Crippen LogP contribution in [0.15, 0.2) is 23.5 Å². The first-order valence-corrected chi connectivity index (χ1v) is 3.69. The summed E-state index contributed by atoms with van der Waals surface area (Å²) in [5.41, 5.74) is 0.606. The summed E-state index contributed by atoms with van der Waals surface area (Å²) in [6.07, 6.45) is 3.34. The molecule has 0 radical (unpaired) electrons. The summed E-state index contributed by atoms with van der Waals surface area (Å²) >= 11 is 0. The van der Waals surface area contributed by atoms with Gasteiger partial charge in [-0.25, -0.2) is 4.79 Å². The van der Waals surface area contributed by atoms with Crippen LogP contribution in [0.4, 0.5) is 0 Å². The molecule has 0 amide bonds. The van der Waals surface area contributed by atoms with Gasteiger partial charge in [0.1, 0.15) is 6.07 Å². The zero-order valence-electron chi connectivity index (χ0n) is 7.00. The first-order valence-electron chi connectivity index (χ1n) is 3.69. The second kappa shape index (κ2) is 3.22. The molecule has 1 unspecified atom stereocenters. The molecular weight excluding hydrogens is 154 g/mol. The van der Waals surface area contributed by atoms with Gasteiger partial charge in [-0.3, -0.25) is 0 Å². The minimum atomic E-state index is -0.413. The van der Waals surface area contributed by atoms with Gasteiger partial charge in [-0.15, -0.1) is 0 Å². The lowest BCUT2D eigenvalue weighted by atomic mass is 9.98. The Hall–Kier alpha value is -1.56. The number of hydrogen-bond acceptors (Lipinski definition) is 3. The molecule has 0 N–H and O–H groups in total. The van der Waals surface area contributed by atoms with Crippen molar-refractivity contribution in [2.24, 2.45) is 5.92 Å². The zero-order chi connectivity index (χ0) is 9.14. The highest BCUT2D eigenvalue weighted by molar-refractivity contribution is 5.91. The molecular formula is C9H9NO2. The summed E-state index contributed by atoms with van der Waals surface area (Å²) in [4.78, 5) is 11.1. The van der Waals surface area contributed by atoms with Crippen molar-refractivity contribution in [1.82, 2.24) is 0 Å². The molecule has 1 aliphatic rings. The van der Waals surface area contributed by atoms with E-state index in [2.05, 4.69) is 0 Å². The SMILES string of the molecule is C/C=C1/C(=O)OC(C#N)=CC1C. The Balaban J connectivity index is 3.01. The Morgan fingerprint density at radius 1 is 1.75 bits per heavy atom. The van der Waals surface area contributed by atoms with E-state index < -0.39 is 5.97 Å². The molecule has 1 aliphatic heterocycles. The molecule has 0 spiro atoms. The molecule has 0 fully saturated rings. The van der Waals surface area contributed by atoms with Crippen LogP contribution >= 0.6 is 0 Å². The van der Waals surface area contributed by atoms with Crippen LogP contribution in [0.2, 0.25) is 0 Å². The third-order valence-electron chi connectivity index (χ3n) is 1.75. The van der Waals surface area contributed by atoms with E-state index in [1.165, 1.54) is 0 Å². The molecule has 3 heteroatoms. The van der Waals surface area contributed by atoms with E-state index in [9.17, 15) is 4.79 Å². The van der Waals surface area contributed by atoms with Crippen LogP contribution in [0.1, 0.15) is 13.8 Å². The van der Waals surface area contributed by atoms with Gasteiger partial charge in [0.2, 0.25) is 5.76 Å². The fourth-order valence-corrected chi connectivity index (χ4v) is 1.14. The van der Waals surface area contributed by atoms with Crippen molar-refractivity contribution in [3.05, 3.63) is 23.5 Å². The molecule has 0 aromatic heterocycles. The number of nitrogens with zero attached hydrogens (tertiary/aromatic N) is 1. The van der Waals surface area contributed by atoms with Crippen LogP contribution in [0.3, 0.4) is 0 Å². The summed E-state index contributed by atoms with van der Waals surface area (Å²) in [6.45, 7) is 3.63. The highest BCUT2D eigenvalue weighted by Crippen LogP contribution is 2.22. The first-order chi connectivity index (χ1) is 5.69. The number of ether oxygens (including phenoxy) is 1. The maximum Gasteiger partial charge on any atom is 0.340 e. The average Bonchev–Trinajstić information content (AvgIpc) is 2.03. The maximum atomic E-state index is 11.1.